The van der Waals surface area contributed by atoms with Gasteiger partial charge in [0, 0.05) is 18.0 Å². The summed E-state index contributed by atoms with van der Waals surface area (Å²) < 4.78 is 0. The Hall–Kier alpha value is -1.43. The van der Waals surface area contributed by atoms with E-state index in [1.165, 1.54) is 5.56 Å². The molecule has 1 heterocycles. The molecule has 1 aromatic rings. The molecule has 1 aliphatic rings. The third-order valence-electron chi connectivity index (χ3n) is 5.13. The molecule has 0 aliphatic carbocycles. The predicted octanol–water partition coefficient (Wildman–Crippen LogP) is 2.30. The van der Waals surface area contributed by atoms with Gasteiger partial charge in [0.25, 0.3) is 0 Å². The van der Waals surface area contributed by atoms with E-state index in [-0.39, 0.29) is 18.0 Å². The maximum Gasteiger partial charge on any atom is 0.221 e. The topological polar surface area (TPSA) is 64.3 Å². The van der Waals surface area contributed by atoms with E-state index in [1.807, 2.05) is 52.9 Å². The van der Waals surface area contributed by atoms with E-state index in [4.69, 9.17) is 0 Å². The van der Waals surface area contributed by atoms with Crippen LogP contribution in [0.4, 0.5) is 0 Å². The summed E-state index contributed by atoms with van der Waals surface area (Å²) in [6.07, 6.45) is 1.87. The van der Waals surface area contributed by atoms with Crippen LogP contribution in [-0.4, -0.2) is 41.2 Å². The number of carbonyl (C=O) groups is 1. The highest BCUT2D eigenvalue weighted by molar-refractivity contribution is 5.77. The SMILES string of the molecule is CNC(CC(=O)NC1CC(C)(C)N([O])C1(C)C)Cc1ccccc1. The molecule has 1 aliphatic heterocycles. The van der Waals surface area contributed by atoms with Crippen LogP contribution in [-0.2, 0) is 16.4 Å². The zero-order chi connectivity index (χ0) is 18.0. The zero-order valence-electron chi connectivity index (χ0n) is 15.4. The van der Waals surface area contributed by atoms with Crippen molar-refractivity contribution in [2.75, 3.05) is 7.05 Å². The molecule has 0 aromatic heterocycles. The third-order valence-corrected chi connectivity index (χ3v) is 5.13. The lowest BCUT2D eigenvalue weighted by molar-refractivity contribution is -0.246. The molecule has 0 saturated carbocycles. The van der Waals surface area contributed by atoms with Gasteiger partial charge in [-0.3, -0.25) is 4.79 Å². The number of benzene rings is 1. The van der Waals surface area contributed by atoms with E-state index in [0.29, 0.717) is 12.8 Å². The molecule has 1 aromatic carbocycles. The number of nitrogens with zero attached hydrogens (tertiary/aromatic N) is 1. The minimum atomic E-state index is -0.590. The number of rotatable bonds is 6. The first kappa shape index (κ1) is 18.9. The lowest BCUT2D eigenvalue weighted by Crippen LogP contribution is -2.53. The predicted molar refractivity (Wildman–Crippen MR) is 94.8 cm³/mol. The highest BCUT2D eigenvalue weighted by Crippen LogP contribution is 2.39. The molecule has 2 N–H and O–H groups in total. The smallest absolute Gasteiger partial charge is 0.221 e. The van der Waals surface area contributed by atoms with Crippen molar-refractivity contribution in [2.24, 2.45) is 0 Å². The van der Waals surface area contributed by atoms with Crippen LogP contribution in [0.3, 0.4) is 0 Å². The molecular weight excluding hydrogens is 302 g/mol. The van der Waals surface area contributed by atoms with Crippen molar-refractivity contribution in [3.05, 3.63) is 35.9 Å². The van der Waals surface area contributed by atoms with Crippen LogP contribution < -0.4 is 10.6 Å². The third kappa shape index (κ3) is 4.15. The molecule has 1 radical (unpaired) electrons. The molecule has 5 heteroatoms. The van der Waals surface area contributed by atoms with Gasteiger partial charge in [-0.25, -0.2) is 0 Å². The quantitative estimate of drug-likeness (QED) is 0.840. The molecule has 2 unspecified atom stereocenters. The Balaban J connectivity index is 1.94. The molecule has 133 valence electrons. The summed E-state index contributed by atoms with van der Waals surface area (Å²) in [5.41, 5.74) is 0.166. The summed E-state index contributed by atoms with van der Waals surface area (Å²) in [6.45, 7) is 7.66. The van der Waals surface area contributed by atoms with Gasteiger partial charge in [0.15, 0.2) is 0 Å². The Bertz CT molecular complexity index is 557. The maximum absolute atomic E-state index is 12.5. The second-order valence-electron chi connectivity index (χ2n) is 7.96. The van der Waals surface area contributed by atoms with Gasteiger partial charge in [-0.1, -0.05) is 30.3 Å². The van der Waals surface area contributed by atoms with Gasteiger partial charge < -0.3 is 10.6 Å². The highest BCUT2D eigenvalue weighted by atomic mass is 16.5. The summed E-state index contributed by atoms with van der Waals surface area (Å²) in [7, 11) is 1.88. The average molecular weight is 332 g/mol. The summed E-state index contributed by atoms with van der Waals surface area (Å²) in [5.74, 6) is -0.00513. The number of amides is 1. The number of hydrogen-bond acceptors (Lipinski definition) is 3. The van der Waals surface area contributed by atoms with Crippen LogP contribution >= 0.6 is 0 Å². The first-order chi connectivity index (χ1) is 11.2. The second kappa shape index (κ2) is 7.21. The van der Waals surface area contributed by atoms with E-state index in [2.05, 4.69) is 22.8 Å². The number of carbonyl (C=O) groups excluding carboxylic acids is 1. The van der Waals surface area contributed by atoms with Crippen molar-refractivity contribution >= 4 is 5.91 Å². The number of hydroxylamine groups is 2. The molecule has 2 atom stereocenters. The molecule has 1 saturated heterocycles. The van der Waals surface area contributed by atoms with Gasteiger partial charge in [0.05, 0.1) is 11.6 Å². The normalized spacial score (nSPS) is 23.8. The second-order valence-corrected chi connectivity index (χ2v) is 7.96. The van der Waals surface area contributed by atoms with Gasteiger partial charge in [0.1, 0.15) is 0 Å². The monoisotopic (exact) mass is 332 g/mol. The first-order valence-corrected chi connectivity index (χ1v) is 8.65. The molecule has 1 fully saturated rings. The van der Waals surface area contributed by atoms with Gasteiger partial charge in [-0.05, 0) is 53.1 Å². The number of likely N-dealkylation sites (N-methyl/N-ethyl adjacent to an activating group) is 1. The zero-order valence-corrected chi connectivity index (χ0v) is 15.4. The summed E-state index contributed by atoms with van der Waals surface area (Å²) in [4.78, 5) is 12.5. The Morgan fingerprint density at radius 3 is 2.38 bits per heavy atom. The molecule has 1 amide bonds. The largest absolute Gasteiger partial charge is 0.351 e. The van der Waals surface area contributed by atoms with Crippen LogP contribution in [0, 0.1) is 0 Å². The summed E-state index contributed by atoms with van der Waals surface area (Å²) in [5, 5.41) is 19.8. The van der Waals surface area contributed by atoms with E-state index in [0.717, 1.165) is 11.5 Å². The fourth-order valence-corrected chi connectivity index (χ4v) is 3.63. The standard InChI is InChI=1S/C19H30N3O2/c1-18(2)13-16(19(3,4)22(18)24)21-17(23)12-15(20-5)11-14-9-7-6-8-10-14/h6-10,15-16,20H,11-13H2,1-5H3,(H,21,23). The van der Waals surface area contributed by atoms with Crippen LogP contribution in [0.2, 0.25) is 0 Å². The fraction of sp³-hybridized carbons (Fsp3) is 0.632. The van der Waals surface area contributed by atoms with Crippen LogP contribution in [0.5, 0.6) is 0 Å². The van der Waals surface area contributed by atoms with Gasteiger partial charge in [0.2, 0.25) is 5.91 Å². The number of hydrogen-bond donors (Lipinski definition) is 2. The Morgan fingerprint density at radius 1 is 1.25 bits per heavy atom. The van der Waals surface area contributed by atoms with Crippen LogP contribution in [0.1, 0.15) is 46.1 Å². The highest BCUT2D eigenvalue weighted by Gasteiger charge is 2.52. The van der Waals surface area contributed by atoms with E-state index >= 15 is 0 Å². The molecule has 0 spiro atoms. The van der Waals surface area contributed by atoms with Crippen molar-refractivity contribution in [3.8, 4) is 0 Å². The van der Waals surface area contributed by atoms with Crippen molar-refractivity contribution < 1.29 is 10.0 Å². The lowest BCUT2D eigenvalue weighted by atomic mass is 9.94. The van der Waals surface area contributed by atoms with Crippen LogP contribution in [0.15, 0.2) is 30.3 Å². The van der Waals surface area contributed by atoms with Crippen molar-refractivity contribution in [1.82, 2.24) is 15.7 Å². The minimum absolute atomic E-state index is 0.00513. The molecule has 24 heavy (non-hydrogen) atoms. The molecule has 2 rings (SSSR count). The van der Waals surface area contributed by atoms with Gasteiger partial charge in [-0.15, -0.1) is 10.3 Å². The fourth-order valence-electron chi connectivity index (χ4n) is 3.63. The average Bonchev–Trinajstić information content (AvgIpc) is 2.67. The van der Waals surface area contributed by atoms with Gasteiger partial charge >= 0.3 is 0 Å². The van der Waals surface area contributed by atoms with Crippen LogP contribution in [0.25, 0.3) is 0 Å². The Labute approximate surface area is 145 Å². The van der Waals surface area contributed by atoms with Crippen molar-refractivity contribution in [2.45, 2.75) is 70.1 Å². The lowest BCUT2D eigenvalue weighted by Gasteiger charge is -2.33. The molecule has 0 bridgehead atoms. The van der Waals surface area contributed by atoms with Crippen molar-refractivity contribution in [1.29, 1.82) is 0 Å². The van der Waals surface area contributed by atoms with E-state index < -0.39 is 11.1 Å². The van der Waals surface area contributed by atoms with Gasteiger partial charge in [-0.2, -0.15) is 0 Å². The van der Waals surface area contributed by atoms with E-state index in [1.54, 1.807) is 0 Å². The van der Waals surface area contributed by atoms with Crippen molar-refractivity contribution in [3.63, 3.8) is 0 Å². The Morgan fingerprint density at radius 2 is 1.88 bits per heavy atom. The molecule has 5 nitrogen and oxygen atoms in total. The number of nitrogens with one attached hydrogen (secondary N) is 2. The maximum atomic E-state index is 12.5. The minimum Gasteiger partial charge on any atom is -0.351 e. The van der Waals surface area contributed by atoms with E-state index in [9.17, 15) is 10.0 Å². The summed E-state index contributed by atoms with van der Waals surface area (Å²) in [6, 6.07) is 10.1. The first-order valence-electron chi connectivity index (χ1n) is 8.65. The Kier molecular flexibility index (Phi) is 5.68. The molecular formula is C19H30N3O2. The summed E-state index contributed by atoms with van der Waals surface area (Å²) >= 11 is 0.